The molecule has 4 heteroatoms. The Morgan fingerprint density at radius 3 is 2.35 bits per heavy atom. The highest BCUT2D eigenvalue weighted by Gasteiger charge is 2.41. The van der Waals surface area contributed by atoms with Crippen molar-refractivity contribution < 1.29 is 14.7 Å². The van der Waals surface area contributed by atoms with Gasteiger partial charge in [-0.15, -0.1) is 0 Å². The van der Waals surface area contributed by atoms with Crippen LogP contribution in [0.25, 0.3) is 0 Å². The Morgan fingerprint density at radius 1 is 1.29 bits per heavy atom. The summed E-state index contributed by atoms with van der Waals surface area (Å²) in [5, 5.41) is 9.15. The van der Waals surface area contributed by atoms with Crippen LogP contribution in [0, 0.1) is 0 Å². The van der Waals surface area contributed by atoms with Gasteiger partial charge in [0.25, 0.3) is 0 Å². The lowest BCUT2D eigenvalue weighted by atomic mass is 9.85. The number of benzene rings is 1. The molecule has 1 atom stereocenters. The molecular formula is C13H17NO3. The average Bonchev–Trinajstić information content (AvgIpc) is 2.35. The van der Waals surface area contributed by atoms with Crippen molar-refractivity contribution >= 4 is 11.8 Å². The van der Waals surface area contributed by atoms with Crippen LogP contribution in [0.2, 0.25) is 0 Å². The van der Waals surface area contributed by atoms with Gasteiger partial charge in [-0.1, -0.05) is 50.1 Å². The van der Waals surface area contributed by atoms with Crippen molar-refractivity contribution in [2.75, 3.05) is 0 Å². The van der Waals surface area contributed by atoms with Gasteiger partial charge >= 0.3 is 5.97 Å². The summed E-state index contributed by atoms with van der Waals surface area (Å²) in [5.74, 6) is -1.79. The zero-order chi connectivity index (χ0) is 12.9. The molecule has 0 aliphatic carbocycles. The van der Waals surface area contributed by atoms with Gasteiger partial charge in [-0.05, 0) is 6.42 Å². The topological polar surface area (TPSA) is 80.4 Å². The Hall–Kier alpha value is -1.68. The highest BCUT2D eigenvalue weighted by molar-refractivity contribution is 6.15. The van der Waals surface area contributed by atoms with Crippen LogP contribution >= 0.6 is 0 Å². The van der Waals surface area contributed by atoms with E-state index in [-0.39, 0.29) is 6.42 Å². The predicted molar refractivity (Wildman–Crippen MR) is 64.9 cm³/mol. The predicted octanol–water partition coefficient (Wildman–Crippen LogP) is 1.84. The number of unbranched alkanes of at least 4 members (excludes halogenated alkanes) is 1. The fourth-order valence-electron chi connectivity index (χ4n) is 1.62. The minimum absolute atomic E-state index is 0.159. The summed E-state index contributed by atoms with van der Waals surface area (Å²) < 4.78 is 0. The number of aliphatic carboxylic acids is 1. The molecule has 1 rings (SSSR count). The standard InChI is InChI=1S/C13H17NO3/c1-2-3-9-13(14,12(16)17)11(15)10-7-5-4-6-8-10/h4-8H,2-3,9,14H2,1H3,(H,16,17). The molecule has 0 aliphatic rings. The van der Waals surface area contributed by atoms with Crippen molar-refractivity contribution in [2.45, 2.75) is 31.7 Å². The lowest BCUT2D eigenvalue weighted by Crippen LogP contribution is -2.54. The summed E-state index contributed by atoms with van der Waals surface area (Å²) in [7, 11) is 0. The number of rotatable bonds is 6. The Morgan fingerprint density at radius 2 is 1.88 bits per heavy atom. The van der Waals surface area contributed by atoms with Crippen LogP contribution in [0.1, 0.15) is 36.5 Å². The Kier molecular flexibility index (Phi) is 4.40. The zero-order valence-corrected chi connectivity index (χ0v) is 9.85. The fourth-order valence-corrected chi connectivity index (χ4v) is 1.62. The van der Waals surface area contributed by atoms with E-state index in [1.807, 2.05) is 6.92 Å². The number of hydrogen-bond donors (Lipinski definition) is 2. The Balaban J connectivity index is 2.99. The lowest BCUT2D eigenvalue weighted by molar-refractivity contribution is -0.141. The molecule has 0 aromatic heterocycles. The first-order chi connectivity index (χ1) is 8.02. The smallest absolute Gasteiger partial charge is 0.331 e. The third-order valence-corrected chi connectivity index (χ3v) is 2.75. The van der Waals surface area contributed by atoms with E-state index in [0.717, 1.165) is 6.42 Å². The molecule has 1 aromatic rings. The van der Waals surface area contributed by atoms with Gasteiger partial charge in [0.15, 0.2) is 11.3 Å². The van der Waals surface area contributed by atoms with Crippen LogP contribution in [0.4, 0.5) is 0 Å². The number of carbonyl (C=O) groups is 2. The van der Waals surface area contributed by atoms with Crippen LogP contribution in [-0.2, 0) is 4.79 Å². The number of Topliss-reactive ketones (excluding diaryl/α,β-unsaturated/α-hetero) is 1. The van der Waals surface area contributed by atoms with Crippen molar-refractivity contribution in [2.24, 2.45) is 5.73 Å². The molecule has 92 valence electrons. The van der Waals surface area contributed by atoms with Gasteiger partial charge in [0, 0.05) is 5.56 Å². The summed E-state index contributed by atoms with van der Waals surface area (Å²) >= 11 is 0. The van der Waals surface area contributed by atoms with Gasteiger partial charge in [0.1, 0.15) is 0 Å². The van der Waals surface area contributed by atoms with E-state index < -0.39 is 17.3 Å². The molecule has 0 radical (unpaired) electrons. The lowest BCUT2D eigenvalue weighted by Gasteiger charge is -2.22. The van der Waals surface area contributed by atoms with Crippen LogP contribution in [0.5, 0.6) is 0 Å². The summed E-state index contributed by atoms with van der Waals surface area (Å²) in [4.78, 5) is 23.3. The Bertz CT molecular complexity index is 402. The summed E-state index contributed by atoms with van der Waals surface area (Å²) in [6.45, 7) is 1.93. The zero-order valence-electron chi connectivity index (χ0n) is 9.85. The third-order valence-electron chi connectivity index (χ3n) is 2.75. The first-order valence-electron chi connectivity index (χ1n) is 5.64. The summed E-state index contributed by atoms with van der Waals surface area (Å²) in [6.07, 6.45) is 1.57. The molecule has 0 saturated carbocycles. The average molecular weight is 235 g/mol. The molecule has 0 amide bonds. The summed E-state index contributed by atoms with van der Waals surface area (Å²) in [5.41, 5.74) is 4.29. The van der Waals surface area contributed by atoms with Crippen LogP contribution in [-0.4, -0.2) is 22.4 Å². The van der Waals surface area contributed by atoms with E-state index in [2.05, 4.69) is 0 Å². The maximum absolute atomic E-state index is 12.1. The number of hydrogen-bond acceptors (Lipinski definition) is 3. The molecule has 0 spiro atoms. The van der Waals surface area contributed by atoms with E-state index in [0.29, 0.717) is 12.0 Å². The highest BCUT2D eigenvalue weighted by atomic mass is 16.4. The van der Waals surface area contributed by atoms with Crippen LogP contribution in [0.15, 0.2) is 30.3 Å². The minimum Gasteiger partial charge on any atom is -0.480 e. The molecule has 0 bridgehead atoms. The van der Waals surface area contributed by atoms with Crippen molar-refractivity contribution in [3.05, 3.63) is 35.9 Å². The molecule has 0 aliphatic heterocycles. The fraction of sp³-hybridized carbons (Fsp3) is 0.385. The Labute approximate surface area is 100 Å². The van der Waals surface area contributed by atoms with Gasteiger partial charge in [0.2, 0.25) is 0 Å². The van der Waals surface area contributed by atoms with Crippen LogP contribution < -0.4 is 5.73 Å². The van der Waals surface area contributed by atoms with Crippen molar-refractivity contribution in [3.8, 4) is 0 Å². The second-order valence-electron chi connectivity index (χ2n) is 4.08. The molecule has 0 fully saturated rings. The van der Waals surface area contributed by atoms with Crippen LogP contribution in [0.3, 0.4) is 0 Å². The van der Waals surface area contributed by atoms with Crippen molar-refractivity contribution in [3.63, 3.8) is 0 Å². The molecular weight excluding hydrogens is 218 g/mol. The SMILES string of the molecule is CCCCC(N)(C(=O)O)C(=O)c1ccccc1. The second kappa shape index (κ2) is 5.59. The number of carboxylic acids is 1. The first kappa shape index (κ1) is 13.4. The van der Waals surface area contributed by atoms with E-state index in [1.165, 1.54) is 0 Å². The molecule has 0 saturated heterocycles. The number of carboxylic acid groups (broad SMARTS) is 1. The second-order valence-corrected chi connectivity index (χ2v) is 4.08. The molecule has 1 aromatic carbocycles. The van der Waals surface area contributed by atoms with E-state index in [9.17, 15) is 9.59 Å². The van der Waals surface area contributed by atoms with Gasteiger partial charge < -0.3 is 10.8 Å². The molecule has 4 nitrogen and oxygen atoms in total. The maximum atomic E-state index is 12.1. The molecule has 1 unspecified atom stereocenters. The van der Waals surface area contributed by atoms with Gasteiger partial charge in [-0.25, -0.2) is 4.79 Å². The number of ketones is 1. The van der Waals surface area contributed by atoms with E-state index >= 15 is 0 Å². The largest absolute Gasteiger partial charge is 0.480 e. The van der Waals surface area contributed by atoms with Crippen molar-refractivity contribution in [1.29, 1.82) is 0 Å². The summed E-state index contributed by atoms with van der Waals surface area (Å²) in [6, 6.07) is 8.31. The highest BCUT2D eigenvalue weighted by Crippen LogP contribution is 2.18. The van der Waals surface area contributed by atoms with E-state index in [1.54, 1.807) is 30.3 Å². The first-order valence-corrected chi connectivity index (χ1v) is 5.64. The third kappa shape index (κ3) is 2.91. The normalized spacial score (nSPS) is 14.0. The van der Waals surface area contributed by atoms with E-state index in [4.69, 9.17) is 10.8 Å². The number of nitrogens with two attached hydrogens (primary N) is 1. The van der Waals surface area contributed by atoms with Gasteiger partial charge in [-0.2, -0.15) is 0 Å². The quantitative estimate of drug-likeness (QED) is 0.582. The monoisotopic (exact) mass is 235 g/mol. The van der Waals surface area contributed by atoms with Gasteiger partial charge in [0.05, 0.1) is 0 Å². The molecule has 0 heterocycles. The maximum Gasteiger partial charge on any atom is 0.331 e. The molecule has 17 heavy (non-hydrogen) atoms. The van der Waals surface area contributed by atoms with Crippen molar-refractivity contribution in [1.82, 2.24) is 0 Å². The van der Waals surface area contributed by atoms with Gasteiger partial charge in [-0.3, -0.25) is 4.79 Å². The molecule has 3 N–H and O–H groups in total. The minimum atomic E-state index is -1.81. The number of carbonyl (C=O) groups excluding carboxylic acids is 1.